The van der Waals surface area contributed by atoms with Crippen LogP contribution in [0.2, 0.25) is 0 Å². The molecule has 5 N–H and O–H groups in total. The third-order valence-electron chi connectivity index (χ3n) is 2.27. The second kappa shape index (κ2) is 4.86. The van der Waals surface area contributed by atoms with Crippen LogP contribution in [0.15, 0.2) is 0 Å². The van der Waals surface area contributed by atoms with Gasteiger partial charge in [-0.25, -0.2) is 0 Å². The van der Waals surface area contributed by atoms with E-state index in [9.17, 15) is 20.1 Å². The van der Waals surface area contributed by atoms with Gasteiger partial charge in [0.25, 0.3) is 0 Å². The molecule has 5 atom stereocenters. The summed E-state index contributed by atoms with van der Waals surface area (Å²) < 4.78 is 4.81. The second-order valence-electron chi connectivity index (χ2n) is 3.46. The molecule has 0 aromatic carbocycles. The van der Waals surface area contributed by atoms with Crippen molar-refractivity contribution in [2.75, 3.05) is 6.61 Å². The van der Waals surface area contributed by atoms with Gasteiger partial charge in [0.2, 0.25) is 5.91 Å². The Bertz CT molecular complexity index is 235. The Kier molecular flexibility index (Phi) is 4.00. The second-order valence-corrected chi connectivity index (χ2v) is 3.46. The van der Waals surface area contributed by atoms with Crippen molar-refractivity contribution >= 4 is 5.91 Å². The van der Waals surface area contributed by atoms with Gasteiger partial charge in [-0.05, 0) is 0 Å². The minimum absolute atomic E-state index is 0.462. The number of amides is 1. The molecule has 0 radical (unpaired) electrons. The highest BCUT2D eigenvalue weighted by atomic mass is 16.6. The van der Waals surface area contributed by atoms with Crippen LogP contribution in [0.1, 0.15) is 6.92 Å². The van der Waals surface area contributed by atoms with Crippen molar-refractivity contribution in [3.05, 3.63) is 0 Å². The summed E-state index contributed by atoms with van der Waals surface area (Å²) in [7, 11) is 0. The van der Waals surface area contributed by atoms with Crippen LogP contribution in [0.5, 0.6) is 0 Å². The van der Waals surface area contributed by atoms with E-state index in [0.717, 1.165) is 0 Å². The lowest BCUT2D eigenvalue weighted by Crippen LogP contribution is -2.63. The molecule has 0 spiro atoms. The minimum atomic E-state index is -1.45. The van der Waals surface area contributed by atoms with Gasteiger partial charge in [-0.2, -0.15) is 0 Å². The normalized spacial score (nSPS) is 41.3. The predicted octanol–water partition coefficient (Wildman–Crippen LogP) is -3.08. The lowest BCUT2D eigenvalue weighted by molar-refractivity contribution is -0.253. The first-order chi connectivity index (χ1) is 6.97. The fraction of sp³-hybridized carbons (Fsp3) is 0.875. The number of aliphatic hydroxyl groups is 4. The highest BCUT2D eigenvalue weighted by molar-refractivity contribution is 5.73. The van der Waals surface area contributed by atoms with Crippen molar-refractivity contribution < 1.29 is 30.0 Å². The van der Waals surface area contributed by atoms with E-state index in [1.54, 1.807) is 0 Å². The van der Waals surface area contributed by atoms with Crippen LogP contribution in [-0.2, 0) is 9.53 Å². The Morgan fingerprint density at radius 3 is 2.40 bits per heavy atom. The molecule has 1 aliphatic heterocycles. The number of ether oxygens (including phenoxy) is 1. The lowest BCUT2D eigenvalue weighted by atomic mass is 9.97. The Labute approximate surface area is 86.3 Å². The maximum absolute atomic E-state index is 10.7. The Morgan fingerprint density at radius 1 is 1.33 bits per heavy atom. The molecule has 0 unspecified atom stereocenters. The van der Waals surface area contributed by atoms with Crippen molar-refractivity contribution in [3.63, 3.8) is 0 Å². The fourth-order valence-corrected chi connectivity index (χ4v) is 1.49. The van der Waals surface area contributed by atoms with E-state index in [2.05, 4.69) is 5.32 Å². The lowest BCUT2D eigenvalue weighted by Gasteiger charge is -2.40. The summed E-state index contributed by atoms with van der Waals surface area (Å²) in [4.78, 5) is 10.7. The van der Waals surface area contributed by atoms with Gasteiger partial charge >= 0.3 is 0 Å². The van der Waals surface area contributed by atoms with E-state index in [1.165, 1.54) is 6.92 Å². The van der Waals surface area contributed by atoms with Gasteiger partial charge in [-0.1, -0.05) is 0 Å². The Hall–Kier alpha value is -0.730. The third-order valence-corrected chi connectivity index (χ3v) is 2.27. The SMILES string of the molecule is CC(=O)N[C@H]1[C@H](O)[C@H](O)[C@H](CO)O[C@H]1O. The van der Waals surface area contributed by atoms with Crippen LogP contribution < -0.4 is 5.32 Å². The average molecular weight is 221 g/mol. The van der Waals surface area contributed by atoms with E-state index < -0.39 is 43.2 Å². The summed E-state index contributed by atoms with van der Waals surface area (Å²) >= 11 is 0. The van der Waals surface area contributed by atoms with Crippen LogP contribution in [0.3, 0.4) is 0 Å². The van der Waals surface area contributed by atoms with Crippen molar-refractivity contribution in [2.45, 2.75) is 37.6 Å². The molecule has 0 aliphatic carbocycles. The summed E-state index contributed by atoms with van der Waals surface area (Å²) in [6.07, 6.45) is -5.24. The van der Waals surface area contributed by atoms with E-state index in [0.29, 0.717) is 0 Å². The van der Waals surface area contributed by atoms with Gasteiger partial charge < -0.3 is 30.5 Å². The van der Waals surface area contributed by atoms with Crippen molar-refractivity contribution in [1.29, 1.82) is 0 Å². The van der Waals surface area contributed by atoms with Crippen LogP contribution in [-0.4, -0.2) is 63.6 Å². The molecular weight excluding hydrogens is 206 g/mol. The average Bonchev–Trinajstić information content (AvgIpc) is 2.18. The monoisotopic (exact) mass is 221 g/mol. The number of nitrogens with one attached hydrogen (secondary N) is 1. The zero-order chi connectivity index (χ0) is 11.6. The molecule has 0 saturated carbocycles. The predicted molar refractivity (Wildman–Crippen MR) is 47.6 cm³/mol. The molecule has 1 heterocycles. The largest absolute Gasteiger partial charge is 0.394 e. The molecule has 1 amide bonds. The van der Waals surface area contributed by atoms with Gasteiger partial charge in [0.1, 0.15) is 24.4 Å². The first kappa shape index (κ1) is 12.3. The van der Waals surface area contributed by atoms with E-state index in [-0.39, 0.29) is 0 Å². The van der Waals surface area contributed by atoms with Crippen LogP contribution >= 0.6 is 0 Å². The molecule has 1 fully saturated rings. The molecule has 7 nitrogen and oxygen atoms in total. The molecule has 0 bridgehead atoms. The summed E-state index contributed by atoms with van der Waals surface area (Å²) in [5.41, 5.74) is 0. The standard InChI is InChI=1S/C8H15NO6/c1-3(11)9-5-7(13)6(12)4(2-10)15-8(5)14/h4-8,10,12-14H,2H2,1H3,(H,9,11)/t4-,5-,6+,7-,8+/m0/s1. The van der Waals surface area contributed by atoms with Gasteiger partial charge in [0, 0.05) is 6.92 Å². The molecule has 1 aliphatic rings. The first-order valence-corrected chi connectivity index (χ1v) is 4.55. The molecule has 7 heteroatoms. The fourth-order valence-electron chi connectivity index (χ4n) is 1.49. The molecule has 1 saturated heterocycles. The van der Waals surface area contributed by atoms with Gasteiger partial charge in [0.05, 0.1) is 6.61 Å². The topological polar surface area (TPSA) is 119 Å². The molecule has 0 aromatic heterocycles. The summed E-state index contributed by atoms with van der Waals surface area (Å²) in [6, 6.07) is -1.10. The zero-order valence-corrected chi connectivity index (χ0v) is 8.20. The number of rotatable bonds is 2. The molecule has 0 aromatic rings. The summed E-state index contributed by atoms with van der Waals surface area (Å²) in [6.45, 7) is 0.687. The number of hydrogen-bond donors (Lipinski definition) is 5. The van der Waals surface area contributed by atoms with Crippen LogP contribution in [0, 0.1) is 0 Å². The van der Waals surface area contributed by atoms with Crippen LogP contribution in [0.4, 0.5) is 0 Å². The number of carbonyl (C=O) groups is 1. The van der Waals surface area contributed by atoms with Gasteiger partial charge in [0.15, 0.2) is 6.29 Å². The molecule has 88 valence electrons. The third kappa shape index (κ3) is 2.64. The maximum atomic E-state index is 10.7. The highest BCUT2D eigenvalue weighted by Gasteiger charge is 2.43. The highest BCUT2D eigenvalue weighted by Crippen LogP contribution is 2.19. The van der Waals surface area contributed by atoms with E-state index in [4.69, 9.17) is 9.84 Å². The Morgan fingerprint density at radius 2 is 1.93 bits per heavy atom. The zero-order valence-electron chi connectivity index (χ0n) is 8.20. The quantitative estimate of drug-likeness (QED) is 0.337. The number of hydrogen-bond acceptors (Lipinski definition) is 6. The van der Waals surface area contributed by atoms with Gasteiger partial charge in [-0.3, -0.25) is 4.79 Å². The molecular formula is C8H15NO6. The Balaban J connectivity index is 2.70. The first-order valence-electron chi connectivity index (χ1n) is 4.55. The van der Waals surface area contributed by atoms with Crippen LogP contribution in [0.25, 0.3) is 0 Å². The van der Waals surface area contributed by atoms with Crippen molar-refractivity contribution in [3.8, 4) is 0 Å². The molecule has 15 heavy (non-hydrogen) atoms. The smallest absolute Gasteiger partial charge is 0.217 e. The number of carbonyl (C=O) groups excluding carboxylic acids is 1. The minimum Gasteiger partial charge on any atom is -0.394 e. The molecule has 1 rings (SSSR count). The summed E-state index contributed by atoms with van der Waals surface area (Å²) in [5, 5.41) is 39.4. The van der Waals surface area contributed by atoms with Crippen molar-refractivity contribution in [2.24, 2.45) is 0 Å². The van der Waals surface area contributed by atoms with Gasteiger partial charge in [-0.15, -0.1) is 0 Å². The maximum Gasteiger partial charge on any atom is 0.217 e. The van der Waals surface area contributed by atoms with E-state index in [1.807, 2.05) is 0 Å². The summed E-state index contributed by atoms with van der Waals surface area (Å²) in [5.74, 6) is -0.462. The van der Waals surface area contributed by atoms with Crippen molar-refractivity contribution in [1.82, 2.24) is 5.32 Å². The van der Waals surface area contributed by atoms with E-state index >= 15 is 0 Å². The number of aliphatic hydroxyl groups excluding tert-OH is 4.